The Morgan fingerprint density at radius 2 is 1.71 bits per heavy atom. The average molecular weight is 433 g/mol. The molecule has 168 valence electrons. The van der Waals surface area contributed by atoms with Crippen molar-refractivity contribution in [2.45, 2.75) is 39.4 Å². The lowest BCUT2D eigenvalue weighted by atomic mass is 10.0. The number of methoxy groups -OCH3 is 1. The van der Waals surface area contributed by atoms with E-state index in [-0.39, 0.29) is 13.2 Å². The third-order valence-corrected chi connectivity index (χ3v) is 3.99. The molecule has 0 radical (unpaired) electrons. The van der Waals surface area contributed by atoms with Crippen molar-refractivity contribution in [2.75, 3.05) is 20.3 Å². The number of esters is 1. The predicted octanol–water partition coefficient (Wildman–Crippen LogP) is 4.34. The number of halogens is 1. The van der Waals surface area contributed by atoms with E-state index >= 15 is 0 Å². The van der Waals surface area contributed by atoms with Gasteiger partial charge in [0.25, 0.3) is 0 Å². The quantitative estimate of drug-likeness (QED) is 0.493. The lowest BCUT2D eigenvalue weighted by molar-refractivity contribution is -0.147. The maximum Gasteiger partial charge on any atom is 0.407 e. The van der Waals surface area contributed by atoms with Gasteiger partial charge in [-0.15, -0.1) is 0 Å². The Morgan fingerprint density at radius 1 is 1.06 bits per heavy atom. The number of nitrogens with one attached hydrogen (secondary N) is 1. The number of hydrogen-bond acceptors (Lipinski definition) is 6. The molecular formula is C23H28FNO6. The van der Waals surface area contributed by atoms with Crippen molar-refractivity contribution in [2.24, 2.45) is 0 Å². The fourth-order valence-electron chi connectivity index (χ4n) is 2.58. The van der Waals surface area contributed by atoms with Crippen LogP contribution in [-0.4, -0.2) is 44.0 Å². The summed E-state index contributed by atoms with van der Waals surface area (Å²) in [4.78, 5) is 23.1. The molecule has 0 saturated carbocycles. The first-order chi connectivity index (χ1) is 14.6. The third kappa shape index (κ3) is 7.81. The van der Waals surface area contributed by atoms with E-state index in [0.29, 0.717) is 22.6 Å². The summed E-state index contributed by atoms with van der Waals surface area (Å²) in [6, 6.07) is 11.1. The number of rotatable bonds is 8. The molecule has 1 atom stereocenters. The lowest BCUT2D eigenvalue weighted by Gasteiger charge is -2.19. The molecular weight excluding hydrogens is 405 g/mol. The average Bonchev–Trinajstić information content (AvgIpc) is 2.71. The molecule has 2 aromatic carbocycles. The van der Waals surface area contributed by atoms with Gasteiger partial charge in [0.1, 0.15) is 29.5 Å². The monoisotopic (exact) mass is 433 g/mol. The van der Waals surface area contributed by atoms with Crippen LogP contribution < -0.4 is 14.8 Å². The van der Waals surface area contributed by atoms with Crippen molar-refractivity contribution in [1.82, 2.24) is 5.32 Å². The summed E-state index contributed by atoms with van der Waals surface area (Å²) in [6.45, 7) is 7.45. The molecule has 1 N–H and O–H groups in total. The molecule has 0 aliphatic rings. The Labute approximate surface area is 181 Å². The second-order valence-corrected chi connectivity index (χ2v) is 7.73. The van der Waals surface area contributed by atoms with Gasteiger partial charge in [0.05, 0.1) is 13.7 Å². The molecule has 2 rings (SSSR count). The van der Waals surface area contributed by atoms with E-state index in [1.807, 2.05) is 0 Å². The van der Waals surface area contributed by atoms with Crippen molar-refractivity contribution in [1.29, 1.82) is 0 Å². The van der Waals surface area contributed by atoms with Crippen molar-refractivity contribution >= 4 is 12.1 Å². The van der Waals surface area contributed by atoms with Crippen LogP contribution in [-0.2, 0) is 14.3 Å². The van der Waals surface area contributed by atoms with E-state index in [4.69, 9.17) is 14.2 Å². The topological polar surface area (TPSA) is 83.1 Å². The van der Waals surface area contributed by atoms with Gasteiger partial charge < -0.3 is 24.3 Å². The molecule has 0 aromatic heterocycles. The van der Waals surface area contributed by atoms with Crippen molar-refractivity contribution in [3.8, 4) is 22.6 Å². The van der Waals surface area contributed by atoms with Gasteiger partial charge in [-0.3, -0.25) is 0 Å². The van der Waals surface area contributed by atoms with E-state index in [0.717, 1.165) is 0 Å². The van der Waals surface area contributed by atoms with Gasteiger partial charge in [-0.1, -0.05) is 12.1 Å². The van der Waals surface area contributed by atoms with Crippen LogP contribution >= 0.6 is 0 Å². The van der Waals surface area contributed by atoms with Gasteiger partial charge in [-0.25, -0.2) is 14.0 Å². The number of amides is 1. The number of hydrogen-bond donors (Lipinski definition) is 1. The van der Waals surface area contributed by atoms with Crippen LogP contribution in [0.3, 0.4) is 0 Å². The lowest BCUT2D eigenvalue weighted by Crippen LogP contribution is -2.34. The smallest absolute Gasteiger partial charge is 0.407 e. The molecule has 1 amide bonds. The maximum atomic E-state index is 14.3. The molecule has 7 nitrogen and oxygen atoms in total. The zero-order valence-electron chi connectivity index (χ0n) is 18.4. The standard InChI is InChI=1S/C23H28FNO6/c1-15(21(26)28-5)30-18-10-11-20(24)19(14-18)16-6-8-17(9-7-16)29-13-12-25-22(27)31-23(2,3)4/h6-11,14-15H,12-13H2,1-5H3,(H,25,27). The van der Waals surface area contributed by atoms with Gasteiger partial charge in [0.15, 0.2) is 6.10 Å². The second kappa shape index (κ2) is 10.7. The zero-order chi connectivity index (χ0) is 23.0. The molecule has 0 spiro atoms. The summed E-state index contributed by atoms with van der Waals surface area (Å²) in [6.07, 6.45) is -1.32. The minimum Gasteiger partial charge on any atom is -0.492 e. The molecule has 0 bridgehead atoms. The van der Waals surface area contributed by atoms with E-state index in [9.17, 15) is 14.0 Å². The minimum absolute atomic E-state index is 0.252. The molecule has 1 unspecified atom stereocenters. The first kappa shape index (κ1) is 24.0. The highest BCUT2D eigenvalue weighted by Gasteiger charge is 2.17. The Hall–Kier alpha value is -3.29. The first-order valence-corrected chi connectivity index (χ1v) is 9.83. The summed E-state index contributed by atoms with van der Waals surface area (Å²) >= 11 is 0. The van der Waals surface area contributed by atoms with Gasteiger partial charge in [0, 0.05) is 5.56 Å². The Bertz CT molecular complexity index is 892. The van der Waals surface area contributed by atoms with Crippen LogP contribution in [0.2, 0.25) is 0 Å². The van der Waals surface area contributed by atoms with Crippen LogP contribution in [0.15, 0.2) is 42.5 Å². The van der Waals surface area contributed by atoms with Crippen molar-refractivity contribution < 1.29 is 32.9 Å². The Kier molecular flexibility index (Phi) is 8.24. The van der Waals surface area contributed by atoms with Crippen molar-refractivity contribution in [3.63, 3.8) is 0 Å². The van der Waals surface area contributed by atoms with E-state index in [2.05, 4.69) is 10.1 Å². The van der Waals surface area contributed by atoms with E-state index < -0.39 is 29.6 Å². The number of carbonyl (C=O) groups is 2. The van der Waals surface area contributed by atoms with E-state index in [1.165, 1.54) is 25.3 Å². The van der Waals surface area contributed by atoms with Crippen LogP contribution in [0.25, 0.3) is 11.1 Å². The molecule has 31 heavy (non-hydrogen) atoms. The van der Waals surface area contributed by atoms with Gasteiger partial charge in [-0.05, 0) is 63.6 Å². The molecule has 0 aliphatic heterocycles. The highest BCUT2D eigenvalue weighted by molar-refractivity contribution is 5.74. The number of carbonyl (C=O) groups excluding carboxylic acids is 2. The summed E-state index contributed by atoms with van der Waals surface area (Å²) in [5, 5.41) is 2.61. The summed E-state index contributed by atoms with van der Waals surface area (Å²) < 4.78 is 35.2. The molecule has 0 aliphatic carbocycles. The van der Waals surface area contributed by atoms with Gasteiger partial charge >= 0.3 is 12.1 Å². The summed E-state index contributed by atoms with van der Waals surface area (Å²) in [5.41, 5.74) is 0.385. The molecule has 8 heteroatoms. The first-order valence-electron chi connectivity index (χ1n) is 9.83. The van der Waals surface area contributed by atoms with Gasteiger partial charge in [-0.2, -0.15) is 0 Å². The molecule has 0 fully saturated rings. The fraction of sp³-hybridized carbons (Fsp3) is 0.391. The number of alkyl carbamates (subject to hydrolysis) is 1. The third-order valence-electron chi connectivity index (χ3n) is 3.99. The van der Waals surface area contributed by atoms with Crippen molar-refractivity contribution in [3.05, 3.63) is 48.3 Å². The molecule has 0 heterocycles. The fourth-order valence-corrected chi connectivity index (χ4v) is 2.58. The zero-order valence-corrected chi connectivity index (χ0v) is 18.4. The summed E-state index contributed by atoms with van der Waals surface area (Å²) in [7, 11) is 1.27. The maximum absolute atomic E-state index is 14.3. The predicted molar refractivity (Wildman–Crippen MR) is 114 cm³/mol. The molecule has 2 aromatic rings. The SMILES string of the molecule is COC(=O)C(C)Oc1ccc(F)c(-c2ccc(OCCNC(=O)OC(C)(C)C)cc2)c1. The van der Waals surface area contributed by atoms with Gasteiger partial charge in [0.2, 0.25) is 0 Å². The highest BCUT2D eigenvalue weighted by atomic mass is 19.1. The van der Waals surface area contributed by atoms with Crippen LogP contribution in [0, 0.1) is 5.82 Å². The van der Waals surface area contributed by atoms with Crippen LogP contribution in [0.1, 0.15) is 27.7 Å². The summed E-state index contributed by atoms with van der Waals surface area (Å²) in [5.74, 6) is -0.0217. The Morgan fingerprint density at radius 3 is 2.32 bits per heavy atom. The minimum atomic E-state index is -0.812. The van der Waals surface area contributed by atoms with Crippen LogP contribution in [0.4, 0.5) is 9.18 Å². The number of benzene rings is 2. The highest BCUT2D eigenvalue weighted by Crippen LogP contribution is 2.29. The largest absolute Gasteiger partial charge is 0.492 e. The second-order valence-electron chi connectivity index (χ2n) is 7.73. The van der Waals surface area contributed by atoms with Crippen LogP contribution in [0.5, 0.6) is 11.5 Å². The normalized spacial score (nSPS) is 11.9. The molecule has 0 saturated heterocycles. The number of ether oxygens (including phenoxy) is 4. The Balaban J connectivity index is 1.94. The van der Waals surface area contributed by atoms with E-state index in [1.54, 1.807) is 52.0 Å².